The van der Waals surface area contributed by atoms with E-state index >= 15 is 0 Å². The van der Waals surface area contributed by atoms with Gasteiger partial charge in [0.1, 0.15) is 0 Å². The van der Waals surface area contributed by atoms with Crippen LogP contribution in [-0.4, -0.2) is 30.4 Å². The van der Waals surface area contributed by atoms with Crippen molar-refractivity contribution < 1.29 is 8.42 Å². The Morgan fingerprint density at radius 3 is 2.45 bits per heavy atom. The number of rotatable bonds is 6. The van der Waals surface area contributed by atoms with Gasteiger partial charge >= 0.3 is 0 Å². The summed E-state index contributed by atoms with van der Waals surface area (Å²) in [6.45, 7) is 0. The number of fused-ring (bicyclic) bond motifs is 1. The molecule has 1 unspecified atom stereocenters. The second-order valence-electron chi connectivity index (χ2n) is 8.98. The molecule has 38 heavy (non-hydrogen) atoms. The van der Waals surface area contributed by atoms with Crippen LogP contribution in [0.3, 0.4) is 0 Å². The number of nitrogens with one attached hydrogen (secondary N) is 1. The summed E-state index contributed by atoms with van der Waals surface area (Å²) in [7, 11) is -3.35. The summed E-state index contributed by atoms with van der Waals surface area (Å²) in [5.41, 5.74) is 4.82. The summed E-state index contributed by atoms with van der Waals surface area (Å²) >= 11 is 8.01. The van der Waals surface area contributed by atoms with Gasteiger partial charge in [-0.1, -0.05) is 60.1 Å². The summed E-state index contributed by atoms with van der Waals surface area (Å²) in [6, 6.07) is 26.9. The van der Waals surface area contributed by atoms with Gasteiger partial charge in [0.2, 0.25) is 16.0 Å². The maximum Gasteiger partial charge on any atom is 0.247 e. The highest BCUT2D eigenvalue weighted by Crippen LogP contribution is 2.39. The predicted octanol–water partition coefficient (Wildman–Crippen LogP) is 6.74. The smallest absolute Gasteiger partial charge is 0.247 e. The zero-order chi connectivity index (χ0) is 26.3. The Morgan fingerprint density at radius 2 is 1.74 bits per heavy atom. The minimum absolute atomic E-state index is 0.0767. The molecule has 0 fully saturated rings. The monoisotopic (exact) mass is 559 g/mol. The van der Waals surface area contributed by atoms with Crippen LogP contribution in [0.5, 0.6) is 0 Å². The molecule has 6 rings (SSSR count). The van der Waals surface area contributed by atoms with Crippen molar-refractivity contribution >= 4 is 61.2 Å². The van der Waals surface area contributed by atoms with E-state index in [9.17, 15) is 8.42 Å². The topological polar surface area (TPSA) is 87.5 Å². The Labute approximate surface area is 229 Å². The van der Waals surface area contributed by atoms with Gasteiger partial charge < -0.3 is 0 Å². The summed E-state index contributed by atoms with van der Waals surface area (Å²) in [5, 5.41) is 10.4. The fourth-order valence-electron chi connectivity index (χ4n) is 4.52. The molecule has 10 heteroatoms. The Balaban J connectivity index is 1.46. The van der Waals surface area contributed by atoms with Gasteiger partial charge in [-0.2, -0.15) is 5.10 Å². The van der Waals surface area contributed by atoms with Gasteiger partial charge in [-0.25, -0.2) is 23.4 Å². The number of hydrogen-bond acceptors (Lipinski definition) is 7. The van der Waals surface area contributed by atoms with E-state index in [0.29, 0.717) is 23.1 Å². The third-order valence-corrected chi connectivity index (χ3v) is 8.02. The average molecular weight is 560 g/mol. The molecule has 0 saturated heterocycles. The normalized spacial score (nSPS) is 15.6. The van der Waals surface area contributed by atoms with Crippen LogP contribution in [-0.2, 0) is 10.0 Å². The van der Waals surface area contributed by atoms with Gasteiger partial charge in [-0.05, 0) is 47.3 Å². The molecule has 3 aromatic carbocycles. The number of aromatic nitrogens is 2. The number of sulfonamides is 1. The molecular formula is C28H22ClN5O2S2. The van der Waals surface area contributed by atoms with Crippen molar-refractivity contribution in [2.75, 3.05) is 16.0 Å². The molecule has 1 aliphatic rings. The zero-order valence-electron chi connectivity index (χ0n) is 20.2. The lowest BCUT2D eigenvalue weighted by molar-refractivity contribution is 0.607. The van der Waals surface area contributed by atoms with Gasteiger partial charge in [-0.15, -0.1) is 11.3 Å². The van der Waals surface area contributed by atoms with Gasteiger partial charge in [-0.3, -0.25) is 4.72 Å². The highest BCUT2D eigenvalue weighted by atomic mass is 35.5. The van der Waals surface area contributed by atoms with E-state index in [1.807, 2.05) is 71.7 Å². The number of halogens is 1. The number of thiophene rings is 1. The van der Waals surface area contributed by atoms with Crippen molar-refractivity contribution in [3.8, 4) is 11.3 Å². The second kappa shape index (κ2) is 9.83. The first kappa shape index (κ1) is 24.5. The van der Waals surface area contributed by atoms with Crippen LogP contribution in [0, 0.1) is 0 Å². The molecule has 0 bridgehead atoms. The van der Waals surface area contributed by atoms with E-state index < -0.39 is 10.0 Å². The summed E-state index contributed by atoms with van der Waals surface area (Å²) in [5.74, 6) is 0.502. The van der Waals surface area contributed by atoms with Crippen LogP contribution >= 0.6 is 22.9 Å². The highest BCUT2D eigenvalue weighted by molar-refractivity contribution is 7.92. The zero-order valence-corrected chi connectivity index (χ0v) is 22.6. The molecule has 5 aromatic rings. The van der Waals surface area contributed by atoms with Crippen LogP contribution in [0.2, 0.25) is 5.02 Å². The lowest BCUT2D eigenvalue weighted by Crippen LogP contribution is -2.20. The van der Waals surface area contributed by atoms with E-state index in [2.05, 4.69) is 16.2 Å². The van der Waals surface area contributed by atoms with Crippen LogP contribution in [0.25, 0.3) is 22.2 Å². The van der Waals surface area contributed by atoms with E-state index in [1.165, 1.54) is 0 Å². The number of hydrogen-bond donors (Lipinski definition) is 1. The van der Waals surface area contributed by atoms with E-state index in [4.69, 9.17) is 26.7 Å². The molecule has 0 radical (unpaired) electrons. The van der Waals surface area contributed by atoms with Crippen LogP contribution < -0.4 is 9.73 Å². The molecular weight excluding hydrogens is 538 g/mol. The first-order chi connectivity index (χ1) is 18.3. The van der Waals surface area contributed by atoms with E-state index in [1.54, 1.807) is 23.5 Å². The standard InChI is InChI=1S/C28H22ClN5O2S2/c1-38(35,36)33-21-12-9-18(10-13-21)24-17-25(26-8-5-15-37-26)34(32-24)28-30-23-14-11-20(29)16-22(23)27(31-28)19-6-3-2-4-7-19/h2-16,25,33H,17H2,1H3. The maximum absolute atomic E-state index is 11.6. The van der Waals surface area contributed by atoms with Crippen molar-refractivity contribution in [1.29, 1.82) is 0 Å². The highest BCUT2D eigenvalue weighted by Gasteiger charge is 2.33. The minimum Gasteiger partial charge on any atom is -0.284 e. The quantitative estimate of drug-likeness (QED) is 0.249. The van der Waals surface area contributed by atoms with Crippen molar-refractivity contribution in [1.82, 2.24) is 9.97 Å². The van der Waals surface area contributed by atoms with Crippen LogP contribution in [0.15, 0.2) is 95.4 Å². The molecule has 3 heterocycles. The molecule has 0 amide bonds. The van der Waals surface area contributed by atoms with Crippen LogP contribution in [0.1, 0.15) is 22.9 Å². The van der Waals surface area contributed by atoms with Crippen molar-refractivity contribution in [2.24, 2.45) is 5.10 Å². The molecule has 1 atom stereocenters. The lowest BCUT2D eigenvalue weighted by atomic mass is 10.0. The summed E-state index contributed by atoms with van der Waals surface area (Å²) in [4.78, 5) is 11.1. The SMILES string of the molecule is CS(=O)(=O)Nc1ccc(C2=NN(c3nc(-c4ccccc4)c4cc(Cl)ccc4n3)C(c3cccs3)C2)cc1. The van der Waals surface area contributed by atoms with E-state index in [-0.39, 0.29) is 6.04 Å². The Morgan fingerprint density at radius 1 is 0.947 bits per heavy atom. The lowest BCUT2D eigenvalue weighted by Gasteiger charge is -2.21. The Bertz CT molecular complexity index is 1760. The number of hydrazone groups is 1. The van der Waals surface area contributed by atoms with Gasteiger partial charge in [0.25, 0.3) is 0 Å². The summed E-state index contributed by atoms with van der Waals surface area (Å²) < 4.78 is 25.7. The molecule has 1 N–H and O–H groups in total. The largest absolute Gasteiger partial charge is 0.284 e. The van der Waals surface area contributed by atoms with Gasteiger partial charge in [0.15, 0.2) is 0 Å². The molecule has 1 aliphatic heterocycles. The Hall–Kier alpha value is -3.79. The van der Waals surface area contributed by atoms with Gasteiger partial charge in [0.05, 0.1) is 29.2 Å². The number of nitrogens with zero attached hydrogens (tertiary/aromatic N) is 4. The van der Waals surface area contributed by atoms with Gasteiger partial charge in [0, 0.05) is 33.0 Å². The fourth-order valence-corrected chi connectivity index (χ4v) is 6.07. The number of benzene rings is 3. The second-order valence-corrected chi connectivity index (χ2v) is 12.1. The molecule has 2 aromatic heterocycles. The van der Waals surface area contributed by atoms with Crippen LogP contribution in [0.4, 0.5) is 11.6 Å². The van der Waals surface area contributed by atoms with Crippen molar-refractivity contribution in [3.05, 3.63) is 106 Å². The number of anilines is 2. The third kappa shape index (κ3) is 5.00. The molecule has 0 spiro atoms. The third-order valence-electron chi connectivity index (χ3n) is 6.20. The molecule has 0 aliphatic carbocycles. The first-order valence-corrected chi connectivity index (χ1v) is 15.0. The Kier molecular flexibility index (Phi) is 6.35. The maximum atomic E-state index is 11.6. The van der Waals surface area contributed by atoms with E-state index in [0.717, 1.165) is 44.6 Å². The van der Waals surface area contributed by atoms with Crippen molar-refractivity contribution in [3.63, 3.8) is 0 Å². The average Bonchev–Trinajstić information content (AvgIpc) is 3.59. The fraction of sp³-hybridized carbons (Fsp3) is 0.107. The summed E-state index contributed by atoms with van der Waals surface area (Å²) in [6.07, 6.45) is 1.79. The minimum atomic E-state index is -3.35. The first-order valence-electron chi connectivity index (χ1n) is 11.9. The predicted molar refractivity (Wildman–Crippen MR) is 156 cm³/mol. The molecule has 7 nitrogen and oxygen atoms in total. The van der Waals surface area contributed by atoms with Crippen molar-refractivity contribution in [2.45, 2.75) is 12.5 Å². The molecule has 190 valence electrons. The molecule has 0 saturated carbocycles.